The molecule has 3 rings (SSSR count). The van der Waals surface area contributed by atoms with E-state index in [0.717, 1.165) is 22.4 Å². The lowest BCUT2D eigenvalue weighted by Gasteiger charge is -2.10. The molecule has 5 nitrogen and oxygen atoms in total. The molecular weight excluding hydrogens is 350 g/mol. The van der Waals surface area contributed by atoms with Gasteiger partial charge in [-0.2, -0.15) is 0 Å². The zero-order valence-corrected chi connectivity index (χ0v) is 14.6. The molecule has 6 heteroatoms. The van der Waals surface area contributed by atoms with Crippen molar-refractivity contribution in [3.63, 3.8) is 0 Å². The first kappa shape index (κ1) is 17.8. The normalized spacial score (nSPS) is 11.8. The predicted molar refractivity (Wildman–Crippen MR) is 101 cm³/mol. The van der Waals surface area contributed by atoms with Gasteiger partial charge in [0.2, 0.25) is 10.0 Å². The van der Waals surface area contributed by atoms with Crippen LogP contribution in [0.15, 0.2) is 77.7 Å². The molecule has 2 N–H and O–H groups in total. The lowest BCUT2D eigenvalue weighted by molar-refractivity contribution is -0.131. The molecule has 0 unspecified atom stereocenters. The predicted octanol–water partition coefficient (Wildman–Crippen LogP) is 3.42. The van der Waals surface area contributed by atoms with E-state index in [1.807, 2.05) is 42.5 Å². The van der Waals surface area contributed by atoms with E-state index in [2.05, 4.69) is 4.72 Å². The van der Waals surface area contributed by atoms with Crippen LogP contribution in [0, 0.1) is 0 Å². The van der Waals surface area contributed by atoms with E-state index in [1.54, 1.807) is 12.1 Å². The first-order valence-electron chi connectivity index (χ1n) is 7.93. The molecule has 0 spiro atoms. The molecule has 0 amide bonds. The molecular formula is C20H17NO4S. The number of nitrogens with one attached hydrogen (secondary N) is 1. The fourth-order valence-corrected chi connectivity index (χ4v) is 3.72. The van der Waals surface area contributed by atoms with Gasteiger partial charge in [0.1, 0.15) is 0 Å². The maximum atomic E-state index is 12.6. The van der Waals surface area contributed by atoms with Crippen molar-refractivity contribution in [1.29, 1.82) is 0 Å². The van der Waals surface area contributed by atoms with Crippen LogP contribution in [0.25, 0.3) is 16.8 Å². The van der Waals surface area contributed by atoms with Crippen LogP contribution in [-0.4, -0.2) is 19.5 Å². The number of carbonyl (C=O) groups is 1. The summed E-state index contributed by atoms with van der Waals surface area (Å²) in [6, 6.07) is 19.7. The number of carboxylic acid groups (broad SMARTS) is 1. The molecule has 3 aromatic rings. The van der Waals surface area contributed by atoms with Gasteiger partial charge in [-0.25, -0.2) is 17.9 Å². The van der Waals surface area contributed by atoms with Crippen LogP contribution in [0.5, 0.6) is 0 Å². The van der Waals surface area contributed by atoms with Crippen molar-refractivity contribution in [2.24, 2.45) is 0 Å². The lowest BCUT2D eigenvalue weighted by Crippen LogP contribution is -2.23. The molecule has 0 saturated carbocycles. The van der Waals surface area contributed by atoms with Crippen molar-refractivity contribution in [3.05, 3.63) is 83.9 Å². The molecule has 132 valence electrons. The Bertz CT molecular complexity index is 1080. The number of fused-ring (bicyclic) bond motifs is 1. The van der Waals surface area contributed by atoms with Crippen LogP contribution in [0.3, 0.4) is 0 Å². The summed E-state index contributed by atoms with van der Waals surface area (Å²) in [6.45, 7) is 0.166. The van der Waals surface area contributed by atoms with Crippen LogP contribution in [0.1, 0.15) is 11.1 Å². The fourth-order valence-electron chi connectivity index (χ4n) is 2.66. The highest BCUT2D eigenvalue weighted by Crippen LogP contribution is 2.19. The fraction of sp³-hybridized carbons (Fsp3) is 0.0500. The Balaban J connectivity index is 1.83. The van der Waals surface area contributed by atoms with Gasteiger partial charge in [-0.1, -0.05) is 54.6 Å². The van der Waals surface area contributed by atoms with Crippen molar-refractivity contribution in [2.75, 3.05) is 0 Å². The SMILES string of the molecule is O=C(O)C=Cc1cccc(S(=O)(=O)NCc2cccc3ccccc23)c1. The van der Waals surface area contributed by atoms with E-state index in [9.17, 15) is 13.2 Å². The summed E-state index contributed by atoms with van der Waals surface area (Å²) in [5.41, 5.74) is 1.38. The molecule has 3 aromatic carbocycles. The molecule has 0 atom stereocenters. The minimum absolute atomic E-state index is 0.0882. The summed E-state index contributed by atoms with van der Waals surface area (Å²) in [6.07, 6.45) is 2.32. The van der Waals surface area contributed by atoms with E-state index >= 15 is 0 Å². The van der Waals surface area contributed by atoms with E-state index < -0.39 is 16.0 Å². The van der Waals surface area contributed by atoms with Crippen LogP contribution in [-0.2, 0) is 21.4 Å². The smallest absolute Gasteiger partial charge is 0.328 e. The third-order valence-corrected chi connectivity index (χ3v) is 5.32. The Kier molecular flexibility index (Phi) is 5.16. The number of aliphatic carboxylic acids is 1. The van der Waals surface area contributed by atoms with E-state index in [4.69, 9.17) is 5.11 Å². The number of rotatable bonds is 6. The quantitative estimate of drug-likeness (QED) is 0.654. The average Bonchev–Trinajstić information content (AvgIpc) is 2.65. The maximum absolute atomic E-state index is 12.6. The van der Waals surface area contributed by atoms with Crippen molar-refractivity contribution in [3.8, 4) is 0 Å². The van der Waals surface area contributed by atoms with Crippen LogP contribution < -0.4 is 4.72 Å². The average molecular weight is 367 g/mol. The van der Waals surface area contributed by atoms with Crippen LogP contribution in [0.2, 0.25) is 0 Å². The third-order valence-electron chi connectivity index (χ3n) is 3.92. The molecule has 0 heterocycles. The van der Waals surface area contributed by atoms with Gasteiger partial charge in [0.15, 0.2) is 0 Å². The Morgan fingerprint density at radius 2 is 1.73 bits per heavy atom. The van der Waals surface area contributed by atoms with Gasteiger partial charge in [0.05, 0.1) is 4.90 Å². The molecule has 0 radical (unpaired) electrons. The highest BCUT2D eigenvalue weighted by Gasteiger charge is 2.14. The van der Waals surface area contributed by atoms with Crippen LogP contribution in [0.4, 0.5) is 0 Å². The Hall–Kier alpha value is -2.96. The number of hydrogen-bond acceptors (Lipinski definition) is 3. The maximum Gasteiger partial charge on any atom is 0.328 e. The largest absolute Gasteiger partial charge is 0.478 e. The zero-order valence-electron chi connectivity index (χ0n) is 13.8. The molecule has 0 aromatic heterocycles. The van der Waals surface area contributed by atoms with Crippen molar-refractivity contribution >= 4 is 32.8 Å². The number of carboxylic acids is 1. The summed E-state index contributed by atoms with van der Waals surface area (Å²) < 4.78 is 27.8. The molecule has 0 aliphatic heterocycles. The van der Waals surface area contributed by atoms with Gasteiger partial charge < -0.3 is 5.11 Å². The van der Waals surface area contributed by atoms with Crippen LogP contribution >= 0.6 is 0 Å². The van der Waals surface area contributed by atoms with Crippen molar-refractivity contribution in [1.82, 2.24) is 4.72 Å². The van der Waals surface area contributed by atoms with E-state index in [-0.39, 0.29) is 11.4 Å². The lowest BCUT2D eigenvalue weighted by atomic mass is 10.1. The Morgan fingerprint density at radius 3 is 2.54 bits per heavy atom. The number of hydrogen-bond donors (Lipinski definition) is 2. The second-order valence-electron chi connectivity index (χ2n) is 5.71. The third kappa shape index (κ3) is 4.17. The first-order valence-corrected chi connectivity index (χ1v) is 9.41. The minimum atomic E-state index is -3.72. The zero-order chi connectivity index (χ0) is 18.6. The van der Waals surface area contributed by atoms with Gasteiger partial charge in [-0.3, -0.25) is 0 Å². The molecule has 0 bridgehead atoms. The van der Waals surface area contributed by atoms with Gasteiger partial charge in [-0.05, 0) is 40.1 Å². The topological polar surface area (TPSA) is 83.5 Å². The van der Waals surface area contributed by atoms with Gasteiger partial charge in [0, 0.05) is 12.6 Å². The van der Waals surface area contributed by atoms with Gasteiger partial charge in [0.25, 0.3) is 0 Å². The van der Waals surface area contributed by atoms with Crippen molar-refractivity contribution < 1.29 is 18.3 Å². The number of benzene rings is 3. The molecule has 0 aliphatic rings. The Labute approximate surface area is 151 Å². The molecule has 0 saturated heterocycles. The molecule has 0 fully saturated rings. The molecule has 26 heavy (non-hydrogen) atoms. The highest BCUT2D eigenvalue weighted by molar-refractivity contribution is 7.89. The standard InChI is InChI=1S/C20H17NO4S/c22-20(23)12-11-15-5-3-9-18(13-15)26(24,25)21-14-17-8-4-7-16-6-1-2-10-19(16)17/h1-13,21H,14H2,(H,22,23). The monoisotopic (exact) mass is 367 g/mol. The van der Waals surface area contributed by atoms with Crippen molar-refractivity contribution in [2.45, 2.75) is 11.4 Å². The summed E-state index contributed by atoms with van der Waals surface area (Å²) >= 11 is 0. The van der Waals surface area contributed by atoms with E-state index in [1.165, 1.54) is 18.2 Å². The summed E-state index contributed by atoms with van der Waals surface area (Å²) in [4.78, 5) is 10.7. The summed E-state index contributed by atoms with van der Waals surface area (Å²) in [5.74, 6) is -1.09. The Morgan fingerprint density at radius 1 is 1.00 bits per heavy atom. The van der Waals surface area contributed by atoms with Gasteiger partial charge in [-0.15, -0.1) is 0 Å². The number of sulfonamides is 1. The van der Waals surface area contributed by atoms with Gasteiger partial charge >= 0.3 is 5.97 Å². The highest BCUT2D eigenvalue weighted by atomic mass is 32.2. The first-order chi connectivity index (χ1) is 12.5. The van der Waals surface area contributed by atoms with E-state index in [0.29, 0.717) is 5.56 Å². The molecule has 0 aliphatic carbocycles. The minimum Gasteiger partial charge on any atom is -0.478 e. The second-order valence-corrected chi connectivity index (χ2v) is 7.47. The second kappa shape index (κ2) is 7.51. The summed E-state index contributed by atoms with van der Waals surface area (Å²) in [7, 11) is -3.72. The summed E-state index contributed by atoms with van der Waals surface area (Å²) in [5, 5.41) is 10.7.